The van der Waals surface area contributed by atoms with Crippen LogP contribution in [0.4, 0.5) is 10.5 Å². The number of anilines is 1. The molecule has 180 valence electrons. The number of amides is 2. The van der Waals surface area contributed by atoms with Crippen LogP contribution < -0.4 is 10.1 Å². The number of rotatable bonds is 6. The summed E-state index contributed by atoms with van der Waals surface area (Å²) >= 11 is 0. The summed E-state index contributed by atoms with van der Waals surface area (Å²) in [5.41, 5.74) is 5.01. The lowest BCUT2D eigenvalue weighted by Gasteiger charge is -2.17. The smallest absolute Gasteiger partial charge is 0.411 e. The van der Waals surface area contributed by atoms with E-state index >= 15 is 0 Å². The molecular weight excluding hydrogens is 444 g/mol. The third-order valence-corrected chi connectivity index (χ3v) is 5.50. The molecule has 4 aromatic rings. The first-order valence-electron chi connectivity index (χ1n) is 11.2. The van der Waals surface area contributed by atoms with Gasteiger partial charge in [0.25, 0.3) is 5.91 Å². The number of para-hydroxylation sites is 1. The summed E-state index contributed by atoms with van der Waals surface area (Å²) in [6.45, 7) is 3.52. The Morgan fingerprint density at radius 2 is 1.80 bits per heavy atom. The molecule has 2 aromatic carbocycles. The third kappa shape index (κ3) is 4.96. The van der Waals surface area contributed by atoms with E-state index in [-0.39, 0.29) is 12.0 Å². The number of pyridine rings is 1. The second-order valence-corrected chi connectivity index (χ2v) is 8.56. The Bertz CT molecular complexity index is 1390. The van der Waals surface area contributed by atoms with E-state index < -0.39 is 6.09 Å². The van der Waals surface area contributed by atoms with Gasteiger partial charge in [-0.15, -0.1) is 0 Å². The van der Waals surface area contributed by atoms with Crippen molar-refractivity contribution in [3.63, 3.8) is 0 Å². The molecule has 0 spiro atoms. The third-order valence-electron chi connectivity index (χ3n) is 5.50. The summed E-state index contributed by atoms with van der Waals surface area (Å²) in [4.78, 5) is 34.4. The summed E-state index contributed by atoms with van der Waals surface area (Å²) in [5, 5.41) is 3.61. The van der Waals surface area contributed by atoms with Crippen LogP contribution in [0.15, 0.2) is 60.9 Å². The number of nitrogens with one attached hydrogen (secondary N) is 2. The minimum atomic E-state index is -0.614. The Hall–Kier alpha value is -4.33. The zero-order valence-corrected chi connectivity index (χ0v) is 20.4. The predicted octanol–water partition coefficient (Wildman–Crippen LogP) is 5.56. The Kier molecular flexibility index (Phi) is 6.73. The van der Waals surface area contributed by atoms with Crippen LogP contribution in [0, 0.1) is 0 Å². The maximum absolute atomic E-state index is 12.9. The first-order chi connectivity index (χ1) is 16.8. The SMILES string of the molecule is COc1ccccc1-c1c[nH]c2ncc(-c3ccc(NC(=O)OC(C)C)c(C(=O)N(C)C)c3)cc12. The highest BCUT2D eigenvalue weighted by Gasteiger charge is 2.19. The molecular formula is C27H28N4O4. The lowest BCUT2D eigenvalue weighted by Crippen LogP contribution is -2.25. The second-order valence-electron chi connectivity index (χ2n) is 8.56. The van der Waals surface area contributed by atoms with Gasteiger partial charge in [-0.2, -0.15) is 0 Å². The number of hydrogen-bond donors (Lipinski definition) is 2. The summed E-state index contributed by atoms with van der Waals surface area (Å²) in [6, 6.07) is 15.1. The van der Waals surface area contributed by atoms with E-state index in [2.05, 4.69) is 15.3 Å². The number of fused-ring (bicyclic) bond motifs is 1. The zero-order chi connectivity index (χ0) is 25.1. The summed E-state index contributed by atoms with van der Waals surface area (Å²) in [5.74, 6) is 0.526. The summed E-state index contributed by atoms with van der Waals surface area (Å²) in [6.07, 6.45) is 2.77. The topological polar surface area (TPSA) is 96.5 Å². The summed E-state index contributed by atoms with van der Waals surface area (Å²) < 4.78 is 10.7. The number of ether oxygens (including phenoxy) is 2. The average molecular weight is 473 g/mol. The molecule has 0 saturated heterocycles. The van der Waals surface area contributed by atoms with Crippen molar-refractivity contribution in [2.75, 3.05) is 26.5 Å². The Morgan fingerprint density at radius 1 is 1.03 bits per heavy atom. The van der Waals surface area contributed by atoms with Crippen molar-refractivity contribution in [1.29, 1.82) is 0 Å². The highest BCUT2D eigenvalue weighted by Crippen LogP contribution is 2.36. The molecule has 0 bridgehead atoms. The van der Waals surface area contributed by atoms with Crippen LogP contribution in [0.3, 0.4) is 0 Å². The van der Waals surface area contributed by atoms with E-state index in [0.29, 0.717) is 11.3 Å². The molecule has 0 fully saturated rings. The van der Waals surface area contributed by atoms with E-state index in [9.17, 15) is 9.59 Å². The van der Waals surface area contributed by atoms with E-state index in [4.69, 9.17) is 9.47 Å². The Labute approximate surface area is 203 Å². The molecule has 0 aliphatic rings. The number of nitrogens with zero attached hydrogens (tertiary/aromatic N) is 2. The van der Waals surface area contributed by atoms with Crippen molar-refractivity contribution in [1.82, 2.24) is 14.9 Å². The van der Waals surface area contributed by atoms with Gasteiger partial charge in [-0.1, -0.05) is 24.3 Å². The van der Waals surface area contributed by atoms with Crippen LogP contribution in [0.1, 0.15) is 24.2 Å². The van der Waals surface area contributed by atoms with Gasteiger partial charge >= 0.3 is 6.09 Å². The predicted molar refractivity (Wildman–Crippen MR) is 137 cm³/mol. The maximum Gasteiger partial charge on any atom is 0.411 e. The molecule has 0 atom stereocenters. The highest BCUT2D eigenvalue weighted by atomic mass is 16.6. The van der Waals surface area contributed by atoms with E-state index in [1.54, 1.807) is 53.4 Å². The Morgan fingerprint density at radius 3 is 2.51 bits per heavy atom. The Balaban J connectivity index is 1.78. The molecule has 8 heteroatoms. The molecule has 2 aromatic heterocycles. The van der Waals surface area contributed by atoms with Gasteiger partial charge in [-0.3, -0.25) is 10.1 Å². The molecule has 4 rings (SSSR count). The molecule has 0 aliphatic carbocycles. The van der Waals surface area contributed by atoms with E-state index in [0.717, 1.165) is 39.0 Å². The van der Waals surface area contributed by atoms with E-state index in [1.165, 1.54) is 4.90 Å². The zero-order valence-electron chi connectivity index (χ0n) is 20.4. The van der Waals surface area contributed by atoms with Gasteiger partial charge in [0, 0.05) is 48.6 Å². The van der Waals surface area contributed by atoms with Gasteiger partial charge < -0.3 is 19.4 Å². The number of H-pyrrole nitrogens is 1. The molecule has 8 nitrogen and oxygen atoms in total. The van der Waals surface area contributed by atoms with Crippen molar-refractivity contribution in [3.05, 3.63) is 66.5 Å². The normalized spacial score (nSPS) is 10.9. The van der Waals surface area contributed by atoms with Crippen molar-refractivity contribution >= 4 is 28.7 Å². The second kappa shape index (κ2) is 9.89. The molecule has 35 heavy (non-hydrogen) atoms. The van der Waals surface area contributed by atoms with Crippen LogP contribution >= 0.6 is 0 Å². The maximum atomic E-state index is 12.9. The van der Waals surface area contributed by atoms with Crippen LogP contribution in [0.2, 0.25) is 0 Å². The van der Waals surface area contributed by atoms with Gasteiger partial charge in [0.1, 0.15) is 11.4 Å². The van der Waals surface area contributed by atoms with Gasteiger partial charge in [0.05, 0.1) is 24.5 Å². The number of methoxy groups -OCH3 is 1. The number of carbonyl (C=O) groups excluding carboxylic acids is 2. The molecule has 2 N–H and O–H groups in total. The monoisotopic (exact) mass is 472 g/mol. The average Bonchev–Trinajstić information content (AvgIpc) is 3.26. The number of hydrogen-bond acceptors (Lipinski definition) is 5. The minimum absolute atomic E-state index is 0.239. The molecule has 0 aliphatic heterocycles. The quantitative estimate of drug-likeness (QED) is 0.383. The number of benzene rings is 2. The summed E-state index contributed by atoms with van der Waals surface area (Å²) in [7, 11) is 4.98. The minimum Gasteiger partial charge on any atom is -0.496 e. The van der Waals surface area contributed by atoms with Gasteiger partial charge in [0.2, 0.25) is 0 Å². The highest BCUT2D eigenvalue weighted by molar-refractivity contribution is 6.04. The number of aromatic nitrogens is 2. The van der Waals surface area contributed by atoms with Crippen LogP contribution in [0.25, 0.3) is 33.3 Å². The largest absolute Gasteiger partial charge is 0.496 e. The molecule has 0 unspecified atom stereocenters. The fourth-order valence-electron chi connectivity index (χ4n) is 3.86. The van der Waals surface area contributed by atoms with Crippen molar-refractivity contribution in [2.45, 2.75) is 20.0 Å². The van der Waals surface area contributed by atoms with Crippen LogP contribution in [-0.2, 0) is 4.74 Å². The molecule has 2 heterocycles. The number of carbonyl (C=O) groups is 2. The van der Waals surface area contributed by atoms with Gasteiger partial charge in [0.15, 0.2) is 0 Å². The van der Waals surface area contributed by atoms with Crippen molar-refractivity contribution in [3.8, 4) is 28.0 Å². The van der Waals surface area contributed by atoms with Crippen LogP contribution in [0.5, 0.6) is 5.75 Å². The molecule has 0 saturated carbocycles. The lowest BCUT2D eigenvalue weighted by molar-refractivity contribution is 0.0828. The fraction of sp³-hybridized carbons (Fsp3) is 0.222. The van der Waals surface area contributed by atoms with Gasteiger partial charge in [-0.05, 0) is 43.7 Å². The van der Waals surface area contributed by atoms with Gasteiger partial charge in [-0.25, -0.2) is 9.78 Å². The number of aromatic amines is 1. The first-order valence-corrected chi connectivity index (χ1v) is 11.2. The van der Waals surface area contributed by atoms with Crippen LogP contribution in [-0.4, -0.2) is 54.2 Å². The fourth-order valence-corrected chi connectivity index (χ4v) is 3.86. The molecule has 0 radical (unpaired) electrons. The van der Waals surface area contributed by atoms with Crippen molar-refractivity contribution < 1.29 is 19.1 Å². The van der Waals surface area contributed by atoms with Crippen molar-refractivity contribution in [2.24, 2.45) is 0 Å². The standard InChI is InChI=1S/C27H28N4O4/c1-16(2)35-27(33)30-23-11-10-17(12-21(23)26(32)31(3)4)18-13-20-22(15-29-25(20)28-14-18)19-8-6-7-9-24(19)34-5/h6-16H,1-5H3,(H,28,29)(H,30,33). The van der Waals surface area contributed by atoms with E-state index in [1.807, 2.05) is 42.6 Å². The lowest BCUT2D eigenvalue weighted by atomic mass is 9.99. The molecule has 2 amide bonds. The first kappa shape index (κ1) is 23.8.